The van der Waals surface area contributed by atoms with Gasteiger partial charge < -0.3 is 19.7 Å². The van der Waals surface area contributed by atoms with E-state index in [1.54, 1.807) is 30.2 Å². The van der Waals surface area contributed by atoms with Crippen LogP contribution in [0.25, 0.3) is 0 Å². The van der Waals surface area contributed by atoms with Crippen LogP contribution >= 0.6 is 0 Å². The van der Waals surface area contributed by atoms with Crippen molar-refractivity contribution in [3.8, 4) is 11.6 Å². The number of alkyl halides is 3. The van der Waals surface area contributed by atoms with Crippen molar-refractivity contribution in [2.75, 3.05) is 26.2 Å². The standard InChI is InChI=1S/C26H36F3N5O3/c1-18(26(27,28)29)37-25-8-5-20-10-13-34(14-11-23(20)32-25)12-9-19-3-6-21(7-4-19)31-24(35)17-36-22-15-30-33(2)16-22/h5,8,15-16,18-19,21H,3-4,6-7,9-14,17H2,1-2H3,(H,31,35). The van der Waals surface area contributed by atoms with E-state index in [9.17, 15) is 18.0 Å². The Kier molecular flexibility index (Phi) is 8.94. The number of ether oxygens (including phenoxy) is 2. The van der Waals surface area contributed by atoms with Gasteiger partial charge in [0.05, 0.1) is 12.4 Å². The molecule has 1 fully saturated rings. The van der Waals surface area contributed by atoms with Crippen LogP contribution in [0.2, 0.25) is 0 Å². The summed E-state index contributed by atoms with van der Waals surface area (Å²) in [6.45, 7) is 3.72. The van der Waals surface area contributed by atoms with Crippen molar-refractivity contribution in [1.82, 2.24) is 25.0 Å². The molecule has 0 aromatic carbocycles. The monoisotopic (exact) mass is 523 g/mol. The Hall–Kier alpha value is -2.82. The predicted octanol–water partition coefficient (Wildman–Crippen LogP) is 3.69. The lowest BCUT2D eigenvalue weighted by atomic mass is 9.84. The number of fused-ring (bicyclic) bond motifs is 1. The molecule has 0 spiro atoms. The van der Waals surface area contributed by atoms with Crippen molar-refractivity contribution in [3.05, 3.63) is 35.8 Å². The number of hydrogen-bond acceptors (Lipinski definition) is 6. The lowest BCUT2D eigenvalue weighted by Crippen LogP contribution is -2.40. The number of nitrogens with zero attached hydrogens (tertiary/aromatic N) is 4. The summed E-state index contributed by atoms with van der Waals surface area (Å²) >= 11 is 0. The molecule has 3 heterocycles. The molecular weight excluding hydrogens is 487 g/mol. The first-order valence-corrected chi connectivity index (χ1v) is 13.0. The summed E-state index contributed by atoms with van der Waals surface area (Å²) in [6, 6.07) is 3.58. The maximum absolute atomic E-state index is 12.8. The fourth-order valence-electron chi connectivity index (χ4n) is 5.00. The van der Waals surface area contributed by atoms with Crippen LogP contribution in [0.4, 0.5) is 13.2 Å². The molecule has 1 N–H and O–H groups in total. The van der Waals surface area contributed by atoms with E-state index in [2.05, 4.69) is 20.3 Å². The van der Waals surface area contributed by atoms with Gasteiger partial charge in [-0.3, -0.25) is 9.48 Å². The maximum Gasteiger partial charge on any atom is 0.425 e. The molecule has 1 aliphatic carbocycles. The topological polar surface area (TPSA) is 81.5 Å². The van der Waals surface area contributed by atoms with Crippen molar-refractivity contribution in [3.63, 3.8) is 0 Å². The molecule has 1 saturated carbocycles. The van der Waals surface area contributed by atoms with Crippen molar-refractivity contribution < 1.29 is 27.4 Å². The molecule has 1 atom stereocenters. The normalized spacial score (nSPS) is 21.5. The molecule has 4 rings (SSSR count). The zero-order chi connectivity index (χ0) is 26.4. The molecule has 0 bridgehead atoms. The van der Waals surface area contributed by atoms with Gasteiger partial charge in [0.25, 0.3) is 5.91 Å². The fraction of sp³-hybridized carbons (Fsp3) is 0.654. The third kappa shape index (κ3) is 8.08. The number of hydrogen-bond donors (Lipinski definition) is 1. The molecule has 204 valence electrons. The van der Waals surface area contributed by atoms with Gasteiger partial charge in [0, 0.05) is 44.4 Å². The highest BCUT2D eigenvalue weighted by Gasteiger charge is 2.38. The molecule has 37 heavy (non-hydrogen) atoms. The van der Waals surface area contributed by atoms with Gasteiger partial charge in [0.1, 0.15) is 0 Å². The number of carbonyl (C=O) groups excluding carboxylic acids is 1. The van der Waals surface area contributed by atoms with Crippen molar-refractivity contribution >= 4 is 5.91 Å². The van der Waals surface area contributed by atoms with E-state index in [1.165, 1.54) is 0 Å². The number of aromatic nitrogens is 3. The van der Waals surface area contributed by atoms with Crippen LogP contribution in [0.1, 0.15) is 50.3 Å². The molecule has 2 aliphatic rings. The van der Waals surface area contributed by atoms with Crippen LogP contribution in [-0.2, 0) is 24.7 Å². The Morgan fingerprint density at radius 2 is 1.95 bits per heavy atom. The predicted molar refractivity (Wildman–Crippen MR) is 131 cm³/mol. The minimum Gasteiger partial charge on any atom is -0.480 e. The molecule has 0 saturated heterocycles. The van der Waals surface area contributed by atoms with Gasteiger partial charge in [-0.15, -0.1) is 0 Å². The first kappa shape index (κ1) is 27.2. The summed E-state index contributed by atoms with van der Waals surface area (Å²) in [5.74, 6) is 1.14. The Labute approximate surface area is 215 Å². The summed E-state index contributed by atoms with van der Waals surface area (Å²) in [7, 11) is 1.80. The molecular formula is C26H36F3N5O3. The van der Waals surface area contributed by atoms with Crippen LogP contribution in [0.5, 0.6) is 11.6 Å². The van der Waals surface area contributed by atoms with Crippen molar-refractivity contribution in [1.29, 1.82) is 0 Å². The Balaban J connectivity index is 1.15. The summed E-state index contributed by atoms with van der Waals surface area (Å²) in [6.07, 6.45) is 3.76. The molecule has 1 amide bonds. The second kappa shape index (κ2) is 12.1. The molecule has 8 nitrogen and oxygen atoms in total. The Morgan fingerprint density at radius 1 is 1.19 bits per heavy atom. The molecule has 11 heteroatoms. The second-order valence-corrected chi connectivity index (χ2v) is 10.1. The summed E-state index contributed by atoms with van der Waals surface area (Å²) < 4.78 is 50.6. The summed E-state index contributed by atoms with van der Waals surface area (Å²) in [5, 5.41) is 7.10. The van der Waals surface area contributed by atoms with E-state index in [0.717, 1.165) is 76.3 Å². The van der Waals surface area contributed by atoms with Gasteiger partial charge in [-0.2, -0.15) is 18.3 Å². The summed E-state index contributed by atoms with van der Waals surface area (Å²) in [5.41, 5.74) is 1.91. The average molecular weight is 524 g/mol. The van der Waals surface area contributed by atoms with Gasteiger partial charge in [0.2, 0.25) is 5.88 Å². The smallest absolute Gasteiger partial charge is 0.425 e. The van der Waals surface area contributed by atoms with E-state index in [0.29, 0.717) is 18.1 Å². The molecule has 2 aromatic rings. The van der Waals surface area contributed by atoms with Crippen molar-refractivity contribution in [2.24, 2.45) is 13.0 Å². The summed E-state index contributed by atoms with van der Waals surface area (Å²) in [4.78, 5) is 19.0. The Bertz CT molecular complexity index is 1040. The van der Waals surface area contributed by atoms with Gasteiger partial charge in [0.15, 0.2) is 18.5 Å². The van der Waals surface area contributed by atoms with E-state index in [1.807, 2.05) is 6.07 Å². The zero-order valence-corrected chi connectivity index (χ0v) is 21.5. The maximum atomic E-state index is 12.8. The molecule has 2 aromatic heterocycles. The molecule has 1 aliphatic heterocycles. The third-order valence-electron chi connectivity index (χ3n) is 7.28. The minimum atomic E-state index is -4.41. The number of aryl methyl sites for hydroxylation is 1. The average Bonchev–Trinajstić information content (AvgIpc) is 3.17. The number of nitrogens with one attached hydrogen (secondary N) is 1. The third-order valence-corrected chi connectivity index (χ3v) is 7.28. The second-order valence-electron chi connectivity index (χ2n) is 10.1. The van der Waals surface area contributed by atoms with E-state index >= 15 is 0 Å². The SMILES string of the molecule is CC(Oc1ccc2c(n1)CCN(CCC1CCC(NC(=O)COc3cnn(C)c3)CC1)CC2)C(F)(F)F. The molecule has 1 unspecified atom stereocenters. The first-order chi connectivity index (χ1) is 17.7. The number of halogens is 3. The van der Waals surface area contributed by atoms with E-state index in [4.69, 9.17) is 9.47 Å². The highest BCUT2D eigenvalue weighted by Crippen LogP contribution is 2.28. The van der Waals surface area contributed by atoms with E-state index < -0.39 is 12.3 Å². The van der Waals surface area contributed by atoms with Gasteiger partial charge >= 0.3 is 6.18 Å². The molecule has 0 radical (unpaired) electrons. The largest absolute Gasteiger partial charge is 0.480 e. The number of amides is 1. The van der Waals surface area contributed by atoms with Gasteiger partial charge in [-0.25, -0.2) is 4.98 Å². The number of carbonyl (C=O) groups is 1. The van der Waals surface area contributed by atoms with E-state index in [-0.39, 0.29) is 24.4 Å². The lowest BCUT2D eigenvalue weighted by Gasteiger charge is -2.30. The minimum absolute atomic E-state index is 0.00714. The highest BCUT2D eigenvalue weighted by molar-refractivity contribution is 5.77. The fourth-order valence-corrected chi connectivity index (χ4v) is 5.00. The zero-order valence-electron chi connectivity index (χ0n) is 21.5. The Morgan fingerprint density at radius 3 is 2.65 bits per heavy atom. The van der Waals surface area contributed by atoms with Gasteiger partial charge in [-0.05, 0) is 63.5 Å². The highest BCUT2D eigenvalue weighted by atomic mass is 19.4. The van der Waals surface area contributed by atoms with Gasteiger partial charge in [-0.1, -0.05) is 6.07 Å². The number of pyridine rings is 1. The quantitative estimate of drug-likeness (QED) is 0.540. The first-order valence-electron chi connectivity index (χ1n) is 13.0. The lowest BCUT2D eigenvalue weighted by molar-refractivity contribution is -0.190. The van der Waals surface area contributed by atoms with Crippen LogP contribution in [0.3, 0.4) is 0 Å². The van der Waals surface area contributed by atoms with Crippen LogP contribution in [0.15, 0.2) is 24.5 Å². The van der Waals surface area contributed by atoms with Crippen molar-refractivity contribution in [2.45, 2.75) is 70.2 Å². The van der Waals surface area contributed by atoms with Crippen LogP contribution < -0.4 is 14.8 Å². The van der Waals surface area contributed by atoms with Crippen LogP contribution in [-0.4, -0.2) is 70.1 Å². The van der Waals surface area contributed by atoms with Crippen LogP contribution in [0, 0.1) is 5.92 Å². The number of rotatable bonds is 9.